The van der Waals surface area contributed by atoms with E-state index in [4.69, 9.17) is 0 Å². The van der Waals surface area contributed by atoms with Crippen LogP contribution >= 0.6 is 0 Å². The van der Waals surface area contributed by atoms with Crippen LogP contribution in [-0.4, -0.2) is 17.1 Å². The number of nitrogens with one attached hydrogen (secondary N) is 1. The predicted octanol–water partition coefficient (Wildman–Crippen LogP) is 4.19. The Morgan fingerprint density at radius 2 is 2.09 bits per heavy atom. The molecular weight excluding hydrogens is 274 g/mol. The van der Waals surface area contributed by atoms with Crippen molar-refractivity contribution in [2.45, 2.75) is 37.6 Å². The summed E-state index contributed by atoms with van der Waals surface area (Å²) < 4.78 is 0. The van der Waals surface area contributed by atoms with E-state index < -0.39 is 5.97 Å². The van der Waals surface area contributed by atoms with Crippen LogP contribution in [0.3, 0.4) is 0 Å². The van der Waals surface area contributed by atoms with Crippen LogP contribution in [0.4, 0.5) is 5.69 Å². The SMILES string of the molecule is O=C(O)c1ccc2c(c1)[C@@H]1C=CC[C@@H]1[C@H]([C@H]1CC=CCC1)N2. The number of benzene rings is 1. The van der Waals surface area contributed by atoms with Crippen molar-refractivity contribution >= 4 is 11.7 Å². The molecule has 4 rings (SSSR count). The smallest absolute Gasteiger partial charge is 0.335 e. The highest BCUT2D eigenvalue weighted by Gasteiger charge is 2.40. The van der Waals surface area contributed by atoms with Crippen LogP contribution in [0, 0.1) is 11.8 Å². The van der Waals surface area contributed by atoms with Gasteiger partial charge < -0.3 is 10.4 Å². The zero-order valence-electron chi connectivity index (χ0n) is 12.5. The molecule has 3 aliphatic rings. The van der Waals surface area contributed by atoms with Crippen molar-refractivity contribution in [1.82, 2.24) is 0 Å². The maximum absolute atomic E-state index is 11.2. The van der Waals surface area contributed by atoms with Gasteiger partial charge in [-0.2, -0.15) is 0 Å². The van der Waals surface area contributed by atoms with Gasteiger partial charge in [0.1, 0.15) is 0 Å². The number of carbonyl (C=O) groups is 1. The van der Waals surface area contributed by atoms with Gasteiger partial charge in [0.05, 0.1) is 5.56 Å². The number of rotatable bonds is 2. The molecule has 0 aromatic heterocycles. The molecule has 0 amide bonds. The Morgan fingerprint density at radius 1 is 1.18 bits per heavy atom. The van der Waals surface area contributed by atoms with Crippen molar-refractivity contribution in [3.05, 3.63) is 53.6 Å². The minimum absolute atomic E-state index is 0.367. The normalized spacial score (nSPS) is 32.2. The maximum Gasteiger partial charge on any atom is 0.335 e. The fourth-order valence-electron chi connectivity index (χ4n) is 4.38. The third-order valence-corrected chi connectivity index (χ3v) is 5.47. The first-order valence-corrected chi connectivity index (χ1v) is 8.19. The van der Waals surface area contributed by atoms with E-state index in [0.717, 1.165) is 24.1 Å². The highest BCUT2D eigenvalue weighted by molar-refractivity contribution is 5.88. The first kappa shape index (κ1) is 13.6. The predicted molar refractivity (Wildman–Crippen MR) is 87.3 cm³/mol. The maximum atomic E-state index is 11.2. The second kappa shape index (κ2) is 5.31. The van der Waals surface area contributed by atoms with Crippen molar-refractivity contribution in [2.75, 3.05) is 5.32 Å². The Morgan fingerprint density at radius 3 is 2.86 bits per heavy atom. The molecule has 1 aromatic carbocycles. The molecule has 4 atom stereocenters. The molecule has 2 N–H and O–H groups in total. The Bertz CT molecular complexity index is 661. The second-order valence-corrected chi connectivity index (χ2v) is 6.68. The summed E-state index contributed by atoms with van der Waals surface area (Å²) in [5, 5.41) is 13.0. The molecular formula is C19H21NO2. The summed E-state index contributed by atoms with van der Waals surface area (Å²) in [5.41, 5.74) is 2.66. The van der Waals surface area contributed by atoms with Crippen molar-refractivity contribution in [3.8, 4) is 0 Å². The van der Waals surface area contributed by atoms with E-state index in [1.807, 2.05) is 12.1 Å². The molecule has 0 saturated carbocycles. The first-order chi connectivity index (χ1) is 10.7. The molecule has 1 aromatic rings. The fraction of sp³-hybridized carbons (Fsp3) is 0.421. The monoisotopic (exact) mass is 295 g/mol. The largest absolute Gasteiger partial charge is 0.478 e. The standard InChI is InChI=1S/C19H21NO2/c21-19(22)13-9-10-17-16(11-13)14-7-4-8-15(14)18(20-17)12-5-2-1-3-6-12/h1-2,4,7,9-12,14-15,18,20H,3,5-6,8H2,(H,21,22)/t12-,14+,15-,18-/m0/s1. The van der Waals surface area contributed by atoms with Crippen LogP contribution < -0.4 is 5.32 Å². The molecule has 2 aliphatic carbocycles. The minimum atomic E-state index is -0.846. The van der Waals surface area contributed by atoms with E-state index in [-0.39, 0.29) is 0 Å². The van der Waals surface area contributed by atoms with Crippen LogP contribution in [0.5, 0.6) is 0 Å². The summed E-state index contributed by atoms with van der Waals surface area (Å²) in [7, 11) is 0. The van der Waals surface area contributed by atoms with Gasteiger partial charge in [-0.3, -0.25) is 0 Å². The molecule has 0 bridgehead atoms. The molecule has 1 aliphatic heterocycles. The van der Waals surface area contributed by atoms with E-state index in [0.29, 0.717) is 29.4 Å². The fourth-order valence-corrected chi connectivity index (χ4v) is 4.38. The number of carboxylic acids is 1. The summed E-state index contributed by atoms with van der Waals surface area (Å²) in [6, 6.07) is 6.01. The van der Waals surface area contributed by atoms with Crippen molar-refractivity contribution in [3.63, 3.8) is 0 Å². The number of hydrogen-bond donors (Lipinski definition) is 2. The lowest BCUT2D eigenvalue weighted by Gasteiger charge is -2.42. The average molecular weight is 295 g/mol. The zero-order chi connectivity index (χ0) is 15.1. The molecule has 22 heavy (non-hydrogen) atoms. The van der Waals surface area contributed by atoms with Crippen LogP contribution in [0.25, 0.3) is 0 Å². The Kier molecular flexibility index (Phi) is 3.29. The second-order valence-electron chi connectivity index (χ2n) is 6.68. The van der Waals surface area contributed by atoms with Crippen LogP contribution in [0.2, 0.25) is 0 Å². The van der Waals surface area contributed by atoms with Gasteiger partial charge in [0.25, 0.3) is 0 Å². The van der Waals surface area contributed by atoms with E-state index >= 15 is 0 Å². The van der Waals surface area contributed by atoms with E-state index in [9.17, 15) is 9.90 Å². The van der Waals surface area contributed by atoms with Gasteiger partial charge in [0, 0.05) is 17.6 Å². The molecule has 0 saturated heterocycles. The number of anilines is 1. The topological polar surface area (TPSA) is 49.3 Å². The highest BCUT2D eigenvalue weighted by Crippen LogP contribution is 2.47. The Labute approximate surface area is 130 Å². The van der Waals surface area contributed by atoms with Gasteiger partial charge in [-0.25, -0.2) is 4.79 Å². The Balaban J connectivity index is 1.70. The van der Waals surface area contributed by atoms with Gasteiger partial charge in [-0.15, -0.1) is 0 Å². The third-order valence-electron chi connectivity index (χ3n) is 5.47. The number of aromatic carboxylic acids is 1. The van der Waals surface area contributed by atoms with Gasteiger partial charge in [-0.1, -0.05) is 24.3 Å². The molecule has 0 unspecified atom stereocenters. The lowest BCUT2D eigenvalue weighted by molar-refractivity contribution is 0.0696. The molecule has 3 nitrogen and oxygen atoms in total. The Hall–Kier alpha value is -2.03. The molecule has 3 heteroatoms. The average Bonchev–Trinajstić information content (AvgIpc) is 3.04. The van der Waals surface area contributed by atoms with E-state index in [2.05, 4.69) is 29.6 Å². The molecule has 0 spiro atoms. The number of fused-ring (bicyclic) bond motifs is 3. The van der Waals surface area contributed by atoms with Crippen LogP contribution in [0.15, 0.2) is 42.5 Å². The molecule has 0 radical (unpaired) electrons. The lowest BCUT2D eigenvalue weighted by atomic mass is 9.72. The summed E-state index contributed by atoms with van der Waals surface area (Å²) in [6.07, 6.45) is 13.8. The molecule has 0 fully saturated rings. The summed E-state index contributed by atoms with van der Waals surface area (Å²) in [6.45, 7) is 0. The summed E-state index contributed by atoms with van der Waals surface area (Å²) in [5.74, 6) is 0.769. The molecule has 1 heterocycles. The first-order valence-electron chi connectivity index (χ1n) is 8.19. The quantitative estimate of drug-likeness (QED) is 0.804. The van der Waals surface area contributed by atoms with E-state index in [1.165, 1.54) is 12.8 Å². The minimum Gasteiger partial charge on any atom is -0.478 e. The summed E-state index contributed by atoms with van der Waals surface area (Å²) >= 11 is 0. The van der Waals surface area contributed by atoms with Crippen LogP contribution in [0.1, 0.15) is 47.5 Å². The lowest BCUT2D eigenvalue weighted by Crippen LogP contribution is -2.41. The highest BCUT2D eigenvalue weighted by atomic mass is 16.4. The number of carboxylic acid groups (broad SMARTS) is 1. The molecule has 114 valence electrons. The van der Waals surface area contributed by atoms with Gasteiger partial charge >= 0.3 is 5.97 Å². The van der Waals surface area contributed by atoms with Gasteiger partial charge in [0.15, 0.2) is 0 Å². The van der Waals surface area contributed by atoms with Gasteiger partial charge in [0.2, 0.25) is 0 Å². The number of allylic oxidation sites excluding steroid dienone is 4. The van der Waals surface area contributed by atoms with Crippen molar-refractivity contribution in [1.29, 1.82) is 0 Å². The number of hydrogen-bond acceptors (Lipinski definition) is 2. The van der Waals surface area contributed by atoms with Crippen molar-refractivity contribution in [2.24, 2.45) is 11.8 Å². The third kappa shape index (κ3) is 2.16. The van der Waals surface area contributed by atoms with Crippen molar-refractivity contribution < 1.29 is 9.90 Å². The van der Waals surface area contributed by atoms with E-state index in [1.54, 1.807) is 6.07 Å². The van der Waals surface area contributed by atoms with Gasteiger partial charge in [-0.05, 0) is 61.3 Å². The summed E-state index contributed by atoms with van der Waals surface area (Å²) in [4.78, 5) is 11.2. The zero-order valence-corrected chi connectivity index (χ0v) is 12.5. The van der Waals surface area contributed by atoms with Crippen LogP contribution in [-0.2, 0) is 0 Å².